The molecule has 0 spiro atoms. The van der Waals surface area contributed by atoms with Crippen LogP contribution in [0.5, 0.6) is 0 Å². The van der Waals surface area contributed by atoms with Gasteiger partial charge in [0.2, 0.25) is 0 Å². The van der Waals surface area contributed by atoms with Crippen molar-refractivity contribution in [2.45, 2.75) is 32.2 Å². The summed E-state index contributed by atoms with van der Waals surface area (Å²) in [6.45, 7) is 1.61. The van der Waals surface area contributed by atoms with Gasteiger partial charge in [0.1, 0.15) is 0 Å². The van der Waals surface area contributed by atoms with E-state index in [4.69, 9.17) is 16.3 Å². The maximum absolute atomic E-state index is 11.8. The molecule has 118 valence electrons. The van der Waals surface area contributed by atoms with Crippen molar-refractivity contribution >= 4 is 23.5 Å². The van der Waals surface area contributed by atoms with Crippen molar-refractivity contribution in [2.75, 3.05) is 6.61 Å². The standard InChI is InChI=1S/C17H20ClNO3/c1-12(14-7-4-8-15(18)10-14)19-16(20)11-22-17(21)9-13-5-2-3-6-13/h2,4-5,7-8,10,12-13H,3,6,9,11H2,1H3,(H,19,20)/t12-,13+/m0/s1. The molecule has 0 unspecified atom stereocenters. The highest BCUT2D eigenvalue weighted by Gasteiger charge is 2.16. The maximum atomic E-state index is 11.8. The van der Waals surface area contributed by atoms with Gasteiger partial charge in [0, 0.05) is 5.02 Å². The van der Waals surface area contributed by atoms with Crippen LogP contribution in [-0.2, 0) is 14.3 Å². The molecule has 0 heterocycles. The van der Waals surface area contributed by atoms with E-state index < -0.39 is 0 Å². The van der Waals surface area contributed by atoms with Crippen molar-refractivity contribution in [1.82, 2.24) is 5.32 Å². The molecule has 1 aromatic carbocycles. The number of hydrogen-bond donors (Lipinski definition) is 1. The second-order valence-corrected chi connectivity index (χ2v) is 5.91. The van der Waals surface area contributed by atoms with Gasteiger partial charge >= 0.3 is 5.97 Å². The largest absolute Gasteiger partial charge is 0.456 e. The molecule has 0 aliphatic heterocycles. The molecule has 4 nitrogen and oxygen atoms in total. The molecule has 1 N–H and O–H groups in total. The molecule has 1 aliphatic carbocycles. The minimum absolute atomic E-state index is 0.192. The van der Waals surface area contributed by atoms with Crippen LogP contribution >= 0.6 is 11.6 Å². The van der Waals surface area contributed by atoms with Gasteiger partial charge in [-0.25, -0.2) is 0 Å². The first kappa shape index (κ1) is 16.6. The molecule has 2 atom stereocenters. The van der Waals surface area contributed by atoms with Gasteiger partial charge in [-0.05, 0) is 43.4 Å². The van der Waals surface area contributed by atoms with Crippen LogP contribution < -0.4 is 5.32 Å². The topological polar surface area (TPSA) is 55.4 Å². The molecule has 0 aromatic heterocycles. The number of carbonyl (C=O) groups excluding carboxylic acids is 2. The molecular weight excluding hydrogens is 302 g/mol. The van der Waals surface area contributed by atoms with Crippen LogP contribution in [0.25, 0.3) is 0 Å². The van der Waals surface area contributed by atoms with Crippen LogP contribution in [0.3, 0.4) is 0 Å². The Morgan fingerprint density at radius 1 is 1.45 bits per heavy atom. The van der Waals surface area contributed by atoms with E-state index in [1.54, 1.807) is 12.1 Å². The lowest BCUT2D eigenvalue weighted by molar-refractivity contribution is -0.149. The fraction of sp³-hybridized carbons (Fsp3) is 0.412. The molecule has 0 fully saturated rings. The lowest BCUT2D eigenvalue weighted by atomic mass is 10.1. The van der Waals surface area contributed by atoms with E-state index in [0.717, 1.165) is 18.4 Å². The Hall–Kier alpha value is -1.81. The predicted octanol–water partition coefficient (Wildman–Crippen LogP) is 3.42. The molecule has 5 heteroatoms. The predicted molar refractivity (Wildman–Crippen MR) is 85.4 cm³/mol. The molecule has 1 amide bonds. The first-order valence-corrected chi connectivity index (χ1v) is 7.79. The van der Waals surface area contributed by atoms with Crippen LogP contribution in [0.4, 0.5) is 0 Å². The molecule has 0 bridgehead atoms. The number of halogens is 1. The Balaban J connectivity index is 1.73. The Morgan fingerprint density at radius 3 is 2.95 bits per heavy atom. The van der Waals surface area contributed by atoms with Gasteiger partial charge in [0.25, 0.3) is 5.91 Å². The summed E-state index contributed by atoms with van der Waals surface area (Å²) in [5.74, 6) is -0.397. The summed E-state index contributed by atoms with van der Waals surface area (Å²) in [6.07, 6.45) is 6.43. The van der Waals surface area contributed by atoms with Gasteiger partial charge in [-0.1, -0.05) is 35.9 Å². The molecule has 2 rings (SSSR count). The number of nitrogens with one attached hydrogen (secondary N) is 1. The van der Waals surface area contributed by atoms with E-state index in [1.165, 1.54) is 0 Å². The second kappa shape index (κ2) is 7.99. The van der Waals surface area contributed by atoms with Gasteiger partial charge in [0.15, 0.2) is 6.61 Å². The number of ether oxygens (including phenoxy) is 1. The molecule has 1 aliphatic rings. The number of carbonyl (C=O) groups is 2. The molecule has 0 saturated carbocycles. The number of amides is 1. The molecular formula is C17H20ClNO3. The molecule has 1 aromatic rings. The third-order valence-corrected chi connectivity index (χ3v) is 3.87. The van der Waals surface area contributed by atoms with Crippen molar-refractivity contribution < 1.29 is 14.3 Å². The Labute approximate surface area is 135 Å². The van der Waals surface area contributed by atoms with E-state index in [0.29, 0.717) is 11.4 Å². The summed E-state index contributed by atoms with van der Waals surface area (Å²) < 4.78 is 5.02. The maximum Gasteiger partial charge on any atom is 0.306 e. The minimum Gasteiger partial charge on any atom is -0.456 e. The summed E-state index contributed by atoms with van der Waals surface area (Å²) in [5, 5.41) is 3.40. The van der Waals surface area contributed by atoms with E-state index in [2.05, 4.69) is 11.4 Å². The minimum atomic E-state index is -0.331. The van der Waals surface area contributed by atoms with E-state index in [1.807, 2.05) is 25.1 Å². The Morgan fingerprint density at radius 2 is 2.27 bits per heavy atom. The monoisotopic (exact) mass is 321 g/mol. The average molecular weight is 322 g/mol. The smallest absolute Gasteiger partial charge is 0.306 e. The van der Waals surface area contributed by atoms with E-state index in [-0.39, 0.29) is 30.4 Å². The van der Waals surface area contributed by atoms with E-state index >= 15 is 0 Å². The number of hydrogen-bond acceptors (Lipinski definition) is 3. The first-order chi connectivity index (χ1) is 10.5. The van der Waals surface area contributed by atoms with Crippen LogP contribution in [0.2, 0.25) is 5.02 Å². The number of rotatable bonds is 6. The molecule has 0 radical (unpaired) electrons. The number of allylic oxidation sites excluding steroid dienone is 2. The van der Waals surface area contributed by atoms with Gasteiger partial charge in [-0.3, -0.25) is 9.59 Å². The summed E-state index contributed by atoms with van der Waals surface area (Å²) >= 11 is 5.92. The highest BCUT2D eigenvalue weighted by molar-refractivity contribution is 6.30. The summed E-state index contributed by atoms with van der Waals surface area (Å²) in [6, 6.07) is 7.09. The van der Waals surface area contributed by atoms with Crippen molar-refractivity contribution in [1.29, 1.82) is 0 Å². The average Bonchev–Trinajstić information content (AvgIpc) is 2.98. The first-order valence-electron chi connectivity index (χ1n) is 7.41. The summed E-state index contributed by atoms with van der Waals surface area (Å²) in [7, 11) is 0. The third-order valence-electron chi connectivity index (χ3n) is 3.63. The van der Waals surface area contributed by atoms with E-state index in [9.17, 15) is 9.59 Å². The quantitative estimate of drug-likeness (QED) is 0.645. The zero-order valence-electron chi connectivity index (χ0n) is 12.5. The van der Waals surface area contributed by atoms with Gasteiger partial charge in [0.05, 0.1) is 12.5 Å². The van der Waals surface area contributed by atoms with Crippen LogP contribution in [0.1, 0.15) is 37.8 Å². The highest BCUT2D eigenvalue weighted by Crippen LogP contribution is 2.20. The van der Waals surface area contributed by atoms with Crippen LogP contribution in [0.15, 0.2) is 36.4 Å². The highest BCUT2D eigenvalue weighted by atomic mass is 35.5. The van der Waals surface area contributed by atoms with Gasteiger partial charge < -0.3 is 10.1 Å². The molecule has 0 saturated heterocycles. The van der Waals surface area contributed by atoms with Crippen molar-refractivity contribution in [3.8, 4) is 0 Å². The number of benzene rings is 1. The summed E-state index contributed by atoms with van der Waals surface area (Å²) in [4.78, 5) is 23.5. The fourth-order valence-corrected chi connectivity index (χ4v) is 2.63. The number of esters is 1. The lowest BCUT2D eigenvalue weighted by Crippen LogP contribution is -2.31. The van der Waals surface area contributed by atoms with Crippen LogP contribution in [0, 0.1) is 5.92 Å². The normalized spacial score (nSPS) is 18.0. The fourth-order valence-electron chi connectivity index (χ4n) is 2.43. The van der Waals surface area contributed by atoms with Crippen molar-refractivity contribution in [2.24, 2.45) is 5.92 Å². The summed E-state index contributed by atoms with van der Waals surface area (Å²) in [5.41, 5.74) is 0.906. The molecule has 22 heavy (non-hydrogen) atoms. The third kappa shape index (κ3) is 5.19. The van der Waals surface area contributed by atoms with Crippen LogP contribution in [-0.4, -0.2) is 18.5 Å². The van der Waals surface area contributed by atoms with Gasteiger partial charge in [-0.15, -0.1) is 0 Å². The van der Waals surface area contributed by atoms with Gasteiger partial charge in [-0.2, -0.15) is 0 Å². The zero-order chi connectivity index (χ0) is 15.9. The van der Waals surface area contributed by atoms with Crippen molar-refractivity contribution in [3.05, 3.63) is 47.0 Å². The lowest BCUT2D eigenvalue weighted by Gasteiger charge is -2.15. The Bertz CT molecular complexity index is 571. The van der Waals surface area contributed by atoms with Crippen molar-refractivity contribution in [3.63, 3.8) is 0 Å². The SMILES string of the molecule is C[C@H](NC(=O)COC(=O)C[C@@H]1C=CCC1)c1cccc(Cl)c1. The second-order valence-electron chi connectivity index (χ2n) is 5.47. The Kier molecular flexibility index (Phi) is 6.01. The zero-order valence-corrected chi connectivity index (χ0v) is 13.3.